The maximum absolute atomic E-state index is 13.8. The zero-order chi connectivity index (χ0) is 15.4. The molecule has 21 heavy (non-hydrogen) atoms. The van der Waals surface area contributed by atoms with Gasteiger partial charge in [0.1, 0.15) is 5.82 Å². The third-order valence-corrected chi connectivity index (χ3v) is 3.58. The minimum absolute atomic E-state index is 0. The molecule has 0 saturated heterocycles. The molecule has 1 atom stereocenters. The van der Waals surface area contributed by atoms with E-state index in [4.69, 9.17) is 5.73 Å². The molecule has 3 N–H and O–H groups in total. The lowest BCUT2D eigenvalue weighted by Gasteiger charge is -2.29. The Hall–Kier alpha value is -1.13. The van der Waals surface area contributed by atoms with Crippen LogP contribution in [0.2, 0.25) is 0 Å². The summed E-state index contributed by atoms with van der Waals surface area (Å²) in [5, 5.41) is 2.84. The first-order valence-corrected chi connectivity index (χ1v) is 7.03. The van der Waals surface area contributed by atoms with Crippen LogP contribution in [0.1, 0.15) is 46.1 Å². The molecule has 0 radical (unpaired) electrons. The molecular formula is C16H26ClFN2O. The van der Waals surface area contributed by atoms with Gasteiger partial charge in [0.2, 0.25) is 5.91 Å². The Morgan fingerprint density at radius 2 is 1.86 bits per heavy atom. The van der Waals surface area contributed by atoms with E-state index >= 15 is 0 Å². The van der Waals surface area contributed by atoms with Crippen LogP contribution in [0.15, 0.2) is 24.3 Å². The fourth-order valence-corrected chi connectivity index (χ4v) is 2.24. The first kappa shape index (κ1) is 19.9. The topological polar surface area (TPSA) is 55.1 Å². The van der Waals surface area contributed by atoms with Crippen LogP contribution in [0, 0.1) is 5.82 Å². The fourth-order valence-electron chi connectivity index (χ4n) is 2.24. The number of benzene rings is 1. The molecule has 0 heterocycles. The maximum atomic E-state index is 13.8. The summed E-state index contributed by atoms with van der Waals surface area (Å²) in [7, 11) is 0. The first-order chi connectivity index (χ1) is 9.20. The molecule has 1 amide bonds. The lowest BCUT2D eigenvalue weighted by atomic mass is 9.84. The van der Waals surface area contributed by atoms with E-state index in [0.29, 0.717) is 18.5 Å². The summed E-state index contributed by atoms with van der Waals surface area (Å²) in [4.78, 5) is 12.1. The second-order valence-electron chi connectivity index (χ2n) is 6.21. The molecule has 0 saturated carbocycles. The van der Waals surface area contributed by atoms with E-state index in [1.807, 2.05) is 20.8 Å². The molecule has 3 nitrogen and oxygen atoms in total. The zero-order valence-electron chi connectivity index (χ0n) is 13.2. The molecule has 0 aliphatic rings. The Bertz CT molecular complexity index is 475. The summed E-state index contributed by atoms with van der Waals surface area (Å²) in [6.07, 6.45) is 1.47. The van der Waals surface area contributed by atoms with Crippen molar-refractivity contribution >= 4 is 18.3 Å². The number of halogens is 2. The van der Waals surface area contributed by atoms with Gasteiger partial charge in [0.25, 0.3) is 0 Å². The van der Waals surface area contributed by atoms with Crippen molar-refractivity contribution in [2.24, 2.45) is 5.73 Å². The highest BCUT2D eigenvalue weighted by atomic mass is 35.5. The molecule has 120 valence electrons. The summed E-state index contributed by atoms with van der Waals surface area (Å²) >= 11 is 0. The summed E-state index contributed by atoms with van der Waals surface area (Å²) in [5.74, 6) is -0.445. The highest BCUT2D eigenvalue weighted by molar-refractivity contribution is 5.85. The van der Waals surface area contributed by atoms with Crippen molar-refractivity contribution in [3.05, 3.63) is 35.6 Å². The monoisotopic (exact) mass is 316 g/mol. The number of nitrogens with one attached hydrogen (secondary N) is 1. The van der Waals surface area contributed by atoms with Crippen molar-refractivity contribution in [2.75, 3.05) is 6.54 Å². The van der Waals surface area contributed by atoms with E-state index < -0.39 is 11.0 Å². The van der Waals surface area contributed by atoms with Crippen molar-refractivity contribution < 1.29 is 9.18 Å². The standard InChI is InChI=1S/C16H25FN2O.ClH/c1-5-10-16(4,18)14(20)19-11-15(2,3)12-8-6-7-9-13(12)17;/h6-9H,5,10-11,18H2,1-4H3,(H,19,20);1H. The predicted molar refractivity (Wildman–Crippen MR) is 87.2 cm³/mol. The van der Waals surface area contributed by atoms with E-state index in [-0.39, 0.29) is 24.1 Å². The van der Waals surface area contributed by atoms with Crippen LogP contribution in [0.5, 0.6) is 0 Å². The van der Waals surface area contributed by atoms with Crippen molar-refractivity contribution in [1.82, 2.24) is 5.32 Å². The lowest BCUT2D eigenvalue weighted by molar-refractivity contribution is -0.126. The highest BCUT2D eigenvalue weighted by Gasteiger charge is 2.30. The minimum atomic E-state index is -0.875. The second-order valence-corrected chi connectivity index (χ2v) is 6.21. The van der Waals surface area contributed by atoms with Crippen molar-refractivity contribution in [3.63, 3.8) is 0 Å². The Labute approximate surface area is 132 Å². The largest absolute Gasteiger partial charge is 0.354 e. The molecule has 0 spiro atoms. The number of hydrogen-bond donors (Lipinski definition) is 2. The van der Waals surface area contributed by atoms with Crippen LogP contribution in [0.3, 0.4) is 0 Å². The molecule has 5 heteroatoms. The average molecular weight is 317 g/mol. The summed E-state index contributed by atoms with van der Waals surface area (Å²) in [6.45, 7) is 7.87. The summed E-state index contributed by atoms with van der Waals surface area (Å²) in [5.41, 5.74) is 5.22. The summed E-state index contributed by atoms with van der Waals surface area (Å²) in [6, 6.07) is 6.63. The number of nitrogens with two attached hydrogens (primary N) is 1. The van der Waals surface area contributed by atoms with Crippen LogP contribution in [-0.4, -0.2) is 18.0 Å². The molecule has 1 aromatic carbocycles. The summed E-state index contributed by atoms with van der Waals surface area (Å²) < 4.78 is 13.8. The molecule has 1 rings (SSSR count). The molecule has 0 bridgehead atoms. The number of carbonyl (C=O) groups is 1. The van der Waals surface area contributed by atoms with Gasteiger partial charge in [-0.05, 0) is 25.0 Å². The van der Waals surface area contributed by atoms with Gasteiger partial charge in [-0.15, -0.1) is 12.4 Å². The average Bonchev–Trinajstić information content (AvgIpc) is 2.36. The van der Waals surface area contributed by atoms with E-state index in [0.717, 1.165) is 6.42 Å². The van der Waals surface area contributed by atoms with Crippen LogP contribution in [0.25, 0.3) is 0 Å². The van der Waals surface area contributed by atoms with Gasteiger partial charge in [0.05, 0.1) is 5.54 Å². The minimum Gasteiger partial charge on any atom is -0.354 e. The molecule has 0 fully saturated rings. The molecule has 1 unspecified atom stereocenters. The van der Waals surface area contributed by atoms with Gasteiger partial charge in [0.15, 0.2) is 0 Å². The third kappa shape index (κ3) is 5.29. The van der Waals surface area contributed by atoms with Gasteiger partial charge in [-0.1, -0.05) is 45.4 Å². The van der Waals surface area contributed by atoms with Gasteiger partial charge >= 0.3 is 0 Å². The normalized spacial score (nSPS) is 14.0. The maximum Gasteiger partial charge on any atom is 0.239 e. The Morgan fingerprint density at radius 1 is 1.29 bits per heavy atom. The lowest BCUT2D eigenvalue weighted by Crippen LogP contribution is -2.53. The zero-order valence-corrected chi connectivity index (χ0v) is 14.0. The Morgan fingerprint density at radius 3 is 2.38 bits per heavy atom. The van der Waals surface area contributed by atoms with Crippen molar-refractivity contribution in [3.8, 4) is 0 Å². The third-order valence-electron chi connectivity index (χ3n) is 3.58. The van der Waals surface area contributed by atoms with Crippen molar-refractivity contribution in [1.29, 1.82) is 0 Å². The van der Waals surface area contributed by atoms with Gasteiger partial charge in [-0.25, -0.2) is 4.39 Å². The van der Waals surface area contributed by atoms with E-state index in [2.05, 4.69) is 5.32 Å². The SMILES string of the molecule is CCCC(C)(N)C(=O)NCC(C)(C)c1ccccc1F.Cl. The molecule has 1 aromatic rings. The van der Waals surface area contributed by atoms with E-state index in [9.17, 15) is 9.18 Å². The van der Waals surface area contributed by atoms with Crippen LogP contribution in [-0.2, 0) is 10.2 Å². The van der Waals surface area contributed by atoms with Crippen LogP contribution < -0.4 is 11.1 Å². The Balaban J connectivity index is 0.00000400. The molecule has 0 aromatic heterocycles. The fraction of sp³-hybridized carbons (Fsp3) is 0.562. The Kier molecular flexibility index (Phi) is 7.34. The number of carbonyl (C=O) groups excluding carboxylic acids is 1. The number of hydrogen-bond acceptors (Lipinski definition) is 2. The first-order valence-electron chi connectivity index (χ1n) is 7.03. The van der Waals surface area contributed by atoms with Crippen LogP contribution >= 0.6 is 12.4 Å². The van der Waals surface area contributed by atoms with Gasteiger partial charge in [-0.2, -0.15) is 0 Å². The smallest absolute Gasteiger partial charge is 0.239 e. The van der Waals surface area contributed by atoms with Gasteiger partial charge in [0, 0.05) is 12.0 Å². The quantitative estimate of drug-likeness (QED) is 0.847. The second kappa shape index (κ2) is 7.76. The predicted octanol–water partition coefficient (Wildman–Crippen LogP) is 3.16. The van der Waals surface area contributed by atoms with Crippen LogP contribution in [0.4, 0.5) is 4.39 Å². The van der Waals surface area contributed by atoms with E-state index in [1.54, 1.807) is 25.1 Å². The van der Waals surface area contributed by atoms with Gasteiger partial charge < -0.3 is 11.1 Å². The number of amides is 1. The van der Waals surface area contributed by atoms with Gasteiger partial charge in [-0.3, -0.25) is 4.79 Å². The molecular weight excluding hydrogens is 291 g/mol. The molecule has 0 aliphatic heterocycles. The molecule has 0 aliphatic carbocycles. The van der Waals surface area contributed by atoms with E-state index in [1.165, 1.54) is 6.07 Å². The van der Waals surface area contributed by atoms with Crippen molar-refractivity contribution in [2.45, 2.75) is 51.5 Å². The number of rotatable bonds is 6. The highest BCUT2D eigenvalue weighted by Crippen LogP contribution is 2.25.